The third-order valence-corrected chi connectivity index (χ3v) is 6.99. The lowest BCUT2D eigenvalue weighted by atomic mass is 9.88. The van der Waals surface area contributed by atoms with E-state index in [1.54, 1.807) is 5.57 Å². The fraction of sp³-hybridized carbons (Fsp3) is 0.607. The minimum Gasteiger partial charge on any atom is -0.392 e. The summed E-state index contributed by atoms with van der Waals surface area (Å²) in [5.41, 5.74) is 4.25. The molecule has 31 heavy (non-hydrogen) atoms. The molecule has 2 N–H and O–H groups in total. The van der Waals surface area contributed by atoms with Crippen LogP contribution < -0.4 is 5.32 Å². The van der Waals surface area contributed by atoms with Crippen LogP contribution in [0.25, 0.3) is 0 Å². The molecule has 3 rings (SSSR count). The molecule has 2 aliphatic rings. The van der Waals surface area contributed by atoms with Crippen molar-refractivity contribution in [2.24, 2.45) is 17.8 Å². The minimum absolute atomic E-state index is 0.199. The molecule has 4 atom stereocenters. The molecule has 0 bridgehead atoms. The average molecular weight is 424 g/mol. The molecular formula is C28H41NO2. The summed E-state index contributed by atoms with van der Waals surface area (Å²) in [7, 11) is 0. The number of carbonyl (C=O) groups is 1. The molecule has 3 heteroatoms. The zero-order chi connectivity index (χ0) is 22.1. The Labute approximate surface area is 189 Å². The number of unbranched alkanes of at least 4 members (excludes halogenated alkanes) is 2. The third-order valence-electron chi connectivity index (χ3n) is 6.99. The summed E-state index contributed by atoms with van der Waals surface area (Å²) < 4.78 is 0. The highest BCUT2D eigenvalue weighted by Crippen LogP contribution is 2.48. The van der Waals surface area contributed by atoms with Gasteiger partial charge < -0.3 is 10.4 Å². The van der Waals surface area contributed by atoms with Crippen LogP contribution in [-0.4, -0.2) is 23.7 Å². The zero-order valence-corrected chi connectivity index (χ0v) is 19.5. The van der Waals surface area contributed by atoms with Crippen molar-refractivity contribution in [1.29, 1.82) is 0 Å². The largest absolute Gasteiger partial charge is 0.392 e. The lowest BCUT2D eigenvalue weighted by Gasteiger charge is -2.18. The fourth-order valence-corrected chi connectivity index (χ4v) is 5.29. The Bertz CT molecular complexity index is 766. The molecule has 1 fully saturated rings. The second-order valence-corrected chi connectivity index (χ2v) is 9.60. The maximum atomic E-state index is 11.8. The van der Waals surface area contributed by atoms with E-state index in [4.69, 9.17) is 0 Å². The normalized spacial score (nSPS) is 25.1. The maximum Gasteiger partial charge on any atom is 0.219 e. The van der Waals surface area contributed by atoms with Gasteiger partial charge in [0.1, 0.15) is 0 Å². The summed E-state index contributed by atoms with van der Waals surface area (Å²) in [6.07, 6.45) is 16.9. The summed E-state index contributed by atoms with van der Waals surface area (Å²) in [5.74, 6) is 1.59. The van der Waals surface area contributed by atoms with Crippen molar-refractivity contribution in [3.63, 3.8) is 0 Å². The third kappa shape index (κ3) is 7.35. The van der Waals surface area contributed by atoms with E-state index in [0.717, 1.165) is 64.3 Å². The number of nitrogens with one attached hydrogen (secondary N) is 1. The van der Waals surface area contributed by atoms with E-state index in [1.807, 2.05) is 0 Å². The van der Waals surface area contributed by atoms with Gasteiger partial charge in [-0.05, 0) is 75.7 Å². The number of amides is 1. The minimum atomic E-state index is -0.199. The molecule has 0 heterocycles. The van der Waals surface area contributed by atoms with Crippen molar-refractivity contribution in [1.82, 2.24) is 5.32 Å². The summed E-state index contributed by atoms with van der Waals surface area (Å²) in [4.78, 5) is 11.8. The van der Waals surface area contributed by atoms with Crippen LogP contribution in [0.2, 0.25) is 0 Å². The van der Waals surface area contributed by atoms with Gasteiger partial charge >= 0.3 is 0 Å². The molecule has 0 spiro atoms. The first-order chi connectivity index (χ1) is 15.1. The molecule has 0 unspecified atom stereocenters. The first kappa shape index (κ1) is 23.8. The molecule has 0 aliphatic heterocycles. The van der Waals surface area contributed by atoms with E-state index in [0.29, 0.717) is 24.2 Å². The lowest BCUT2D eigenvalue weighted by Crippen LogP contribution is -2.23. The number of hydrogen-bond acceptors (Lipinski definition) is 2. The Morgan fingerprint density at radius 1 is 1.23 bits per heavy atom. The van der Waals surface area contributed by atoms with Gasteiger partial charge in [-0.25, -0.2) is 0 Å². The Balaban J connectivity index is 1.37. The van der Waals surface area contributed by atoms with Crippen molar-refractivity contribution in [2.75, 3.05) is 6.54 Å². The Morgan fingerprint density at radius 2 is 2.10 bits per heavy atom. The smallest absolute Gasteiger partial charge is 0.219 e. The van der Waals surface area contributed by atoms with Crippen LogP contribution in [-0.2, 0) is 11.2 Å². The number of rotatable bonds is 12. The van der Waals surface area contributed by atoms with Gasteiger partial charge in [-0.3, -0.25) is 4.79 Å². The van der Waals surface area contributed by atoms with E-state index in [1.165, 1.54) is 11.1 Å². The molecule has 170 valence electrons. The second-order valence-electron chi connectivity index (χ2n) is 9.60. The van der Waals surface area contributed by atoms with Crippen LogP contribution in [0.15, 0.2) is 48.1 Å². The van der Waals surface area contributed by atoms with E-state index in [2.05, 4.69) is 61.7 Å². The van der Waals surface area contributed by atoms with Gasteiger partial charge in [0.25, 0.3) is 0 Å². The molecule has 1 saturated carbocycles. The molecule has 1 aromatic rings. The predicted octanol–water partition coefficient (Wildman–Crippen LogP) is 5.90. The van der Waals surface area contributed by atoms with Crippen LogP contribution >= 0.6 is 0 Å². The molecule has 0 radical (unpaired) electrons. The number of fused-ring (bicyclic) bond motifs is 1. The van der Waals surface area contributed by atoms with Crippen LogP contribution in [0.4, 0.5) is 0 Å². The van der Waals surface area contributed by atoms with Gasteiger partial charge in [0.05, 0.1) is 6.10 Å². The quantitative estimate of drug-likeness (QED) is 0.325. The molecule has 2 aliphatic carbocycles. The number of aliphatic hydroxyl groups is 1. The highest BCUT2D eigenvalue weighted by Gasteiger charge is 2.43. The van der Waals surface area contributed by atoms with Crippen molar-refractivity contribution in [3.8, 4) is 0 Å². The van der Waals surface area contributed by atoms with Gasteiger partial charge in [0, 0.05) is 18.9 Å². The first-order valence-corrected chi connectivity index (χ1v) is 12.4. The second kappa shape index (κ2) is 12.2. The van der Waals surface area contributed by atoms with Gasteiger partial charge in [0.2, 0.25) is 5.91 Å². The SMILES string of the molecule is CCCCNC(=O)CCCCC1=C[C@H]2C[C@@H](O)[C@H](C=CCCc3cccc(C)c3)[C@H]2C1. The van der Waals surface area contributed by atoms with Crippen molar-refractivity contribution < 1.29 is 9.90 Å². The molecule has 0 aromatic heterocycles. The number of carbonyl (C=O) groups excluding carboxylic acids is 1. The number of aliphatic hydroxyl groups excluding tert-OH is 1. The van der Waals surface area contributed by atoms with Gasteiger partial charge in [-0.2, -0.15) is 0 Å². The van der Waals surface area contributed by atoms with Crippen molar-refractivity contribution in [3.05, 3.63) is 59.2 Å². The molecule has 0 saturated heterocycles. The average Bonchev–Trinajstić information content (AvgIpc) is 3.25. The number of allylic oxidation sites excluding steroid dienone is 3. The molecular weight excluding hydrogens is 382 g/mol. The summed E-state index contributed by atoms with van der Waals surface area (Å²) in [6.45, 7) is 5.09. The molecule has 3 nitrogen and oxygen atoms in total. The first-order valence-electron chi connectivity index (χ1n) is 12.4. The Morgan fingerprint density at radius 3 is 2.90 bits per heavy atom. The van der Waals surface area contributed by atoms with E-state index < -0.39 is 0 Å². The zero-order valence-electron chi connectivity index (χ0n) is 19.5. The molecule has 1 amide bonds. The number of benzene rings is 1. The van der Waals surface area contributed by atoms with Gasteiger partial charge in [-0.15, -0.1) is 0 Å². The van der Waals surface area contributed by atoms with E-state index in [-0.39, 0.29) is 12.0 Å². The van der Waals surface area contributed by atoms with Crippen LogP contribution in [0, 0.1) is 24.7 Å². The Hall–Kier alpha value is -1.87. The summed E-state index contributed by atoms with van der Waals surface area (Å²) >= 11 is 0. The number of aryl methyl sites for hydroxylation is 2. The summed E-state index contributed by atoms with van der Waals surface area (Å²) in [5, 5.41) is 13.6. The van der Waals surface area contributed by atoms with Crippen molar-refractivity contribution >= 4 is 5.91 Å². The molecule has 1 aromatic carbocycles. The van der Waals surface area contributed by atoms with E-state index in [9.17, 15) is 9.90 Å². The standard InChI is InChI=1S/C28H41NO2/c1-3-4-16-29-28(31)15-8-6-12-23-18-24-20-27(30)25(26(24)19-23)14-7-5-11-22-13-9-10-21(2)17-22/h7,9-10,13-14,17-18,24-27,30H,3-6,8,11-12,15-16,19-20H2,1-2H3,(H,29,31)/t24-,25+,26-,27+/m0/s1. The Kier molecular flexibility index (Phi) is 9.39. The lowest BCUT2D eigenvalue weighted by molar-refractivity contribution is -0.121. The van der Waals surface area contributed by atoms with Crippen molar-refractivity contribution in [2.45, 2.75) is 84.2 Å². The van der Waals surface area contributed by atoms with Gasteiger partial charge in [-0.1, -0.05) is 67.0 Å². The van der Waals surface area contributed by atoms with Crippen LogP contribution in [0.3, 0.4) is 0 Å². The topological polar surface area (TPSA) is 49.3 Å². The summed E-state index contributed by atoms with van der Waals surface area (Å²) in [6, 6.07) is 8.73. The maximum absolute atomic E-state index is 11.8. The highest BCUT2D eigenvalue weighted by atomic mass is 16.3. The van der Waals surface area contributed by atoms with E-state index >= 15 is 0 Å². The monoisotopic (exact) mass is 423 g/mol. The van der Waals surface area contributed by atoms with Crippen LogP contribution in [0.5, 0.6) is 0 Å². The predicted molar refractivity (Wildman–Crippen MR) is 129 cm³/mol. The van der Waals surface area contributed by atoms with Gasteiger partial charge in [0.15, 0.2) is 0 Å². The highest BCUT2D eigenvalue weighted by molar-refractivity contribution is 5.75. The fourth-order valence-electron chi connectivity index (χ4n) is 5.29. The number of hydrogen-bond donors (Lipinski definition) is 2. The van der Waals surface area contributed by atoms with Crippen LogP contribution in [0.1, 0.15) is 75.8 Å².